The van der Waals surface area contributed by atoms with Gasteiger partial charge in [0.1, 0.15) is 12.1 Å². The van der Waals surface area contributed by atoms with Crippen LogP contribution < -0.4 is 10.1 Å². The molecule has 1 unspecified atom stereocenters. The van der Waals surface area contributed by atoms with Gasteiger partial charge in [-0.25, -0.2) is 9.97 Å². The largest absolute Gasteiger partial charge is 0.481 e. The molecule has 1 aromatic rings. The number of nitrogens with one attached hydrogen (secondary N) is 1. The molecule has 0 bridgehead atoms. The van der Waals surface area contributed by atoms with Crippen LogP contribution in [0.3, 0.4) is 0 Å². The smallest absolute Gasteiger partial charge is 0.305 e. The van der Waals surface area contributed by atoms with E-state index < -0.39 is 5.97 Å². The normalized spacial score (nSPS) is 12.5. The second-order valence-electron chi connectivity index (χ2n) is 5.00. The van der Waals surface area contributed by atoms with E-state index in [2.05, 4.69) is 15.3 Å². The Balaban J connectivity index is 2.75. The van der Waals surface area contributed by atoms with E-state index in [1.54, 1.807) is 6.07 Å². The van der Waals surface area contributed by atoms with Gasteiger partial charge in [0.15, 0.2) is 0 Å². The average molecular weight is 267 g/mol. The molecular weight excluding hydrogens is 246 g/mol. The van der Waals surface area contributed by atoms with Crippen molar-refractivity contribution in [2.24, 2.45) is 5.92 Å². The highest BCUT2D eigenvalue weighted by molar-refractivity contribution is 5.68. The summed E-state index contributed by atoms with van der Waals surface area (Å²) in [7, 11) is 0. The minimum atomic E-state index is -0.834. The monoisotopic (exact) mass is 267 g/mol. The zero-order chi connectivity index (χ0) is 14.4. The number of carboxylic acids is 1. The maximum Gasteiger partial charge on any atom is 0.305 e. The molecule has 1 heterocycles. The number of nitrogens with zero attached hydrogens (tertiary/aromatic N) is 2. The van der Waals surface area contributed by atoms with Gasteiger partial charge in [-0.1, -0.05) is 13.8 Å². The molecule has 0 spiro atoms. The first-order chi connectivity index (χ1) is 8.88. The number of anilines is 1. The van der Waals surface area contributed by atoms with Crippen LogP contribution in [0.1, 0.15) is 34.1 Å². The predicted octanol–water partition coefficient (Wildman–Crippen LogP) is 2.17. The van der Waals surface area contributed by atoms with E-state index in [1.807, 2.05) is 27.7 Å². The lowest BCUT2D eigenvalue weighted by molar-refractivity contribution is -0.137. The molecule has 0 aliphatic rings. The summed E-state index contributed by atoms with van der Waals surface area (Å²) in [6.07, 6.45) is 1.47. The van der Waals surface area contributed by atoms with Gasteiger partial charge < -0.3 is 15.2 Å². The highest BCUT2D eigenvalue weighted by atomic mass is 16.5. The van der Waals surface area contributed by atoms with Crippen molar-refractivity contribution < 1.29 is 14.6 Å². The summed E-state index contributed by atoms with van der Waals surface area (Å²) in [6.45, 7) is 7.76. The lowest BCUT2D eigenvalue weighted by Gasteiger charge is -2.21. The molecule has 6 heteroatoms. The van der Waals surface area contributed by atoms with Crippen molar-refractivity contribution in [3.05, 3.63) is 12.4 Å². The van der Waals surface area contributed by atoms with E-state index in [4.69, 9.17) is 9.84 Å². The van der Waals surface area contributed by atoms with Crippen molar-refractivity contribution in [3.63, 3.8) is 0 Å². The topological polar surface area (TPSA) is 84.3 Å². The fourth-order valence-electron chi connectivity index (χ4n) is 1.56. The number of hydrogen-bond donors (Lipinski definition) is 2. The zero-order valence-electron chi connectivity index (χ0n) is 11.8. The summed E-state index contributed by atoms with van der Waals surface area (Å²) in [5.41, 5.74) is 0. The highest BCUT2D eigenvalue weighted by Crippen LogP contribution is 2.17. The second-order valence-corrected chi connectivity index (χ2v) is 5.00. The molecule has 106 valence electrons. The van der Waals surface area contributed by atoms with Gasteiger partial charge in [-0.3, -0.25) is 4.79 Å². The van der Waals surface area contributed by atoms with Gasteiger partial charge in [-0.15, -0.1) is 0 Å². The van der Waals surface area contributed by atoms with E-state index in [1.165, 1.54) is 6.33 Å². The molecule has 1 rings (SSSR count). The van der Waals surface area contributed by atoms with Crippen LogP contribution in [0.15, 0.2) is 12.4 Å². The minimum absolute atomic E-state index is 0.0302. The van der Waals surface area contributed by atoms with Crippen LogP contribution in [0.2, 0.25) is 0 Å². The summed E-state index contributed by atoms with van der Waals surface area (Å²) in [5, 5.41) is 12.0. The third-order valence-corrected chi connectivity index (χ3v) is 2.53. The van der Waals surface area contributed by atoms with Crippen molar-refractivity contribution >= 4 is 11.8 Å². The van der Waals surface area contributed by atoms with Crippen molar-refractivity contribution in [3.8, 4) is 5.88 Å². The number of carboxylic acid groups (broad SMARTS) is 1. The van der Waals surface area contributed by atoms with Crippen LogP contribution in [-0.2, 0) is 4.79 Å². The van der Waals surface area contributed by atoms with E-state index >= 15 is 0 Å². The molecule has 19 heavy (non-hydrogen) atoms. The Kier molecular flexibility index (Phi) is 5.54. The molecule has 0 amide bonds. The molecule has 0 aliphatic carbocycles. The van der Waals surface area contributed by atoms with Crippen LogP contribution >= 0.6 is 0 Å². The Morgan fingerprint density at radius 3 is 2.58 bits per heavy atom. The molecule has 1 aromatic heterocycles. The van der Waals surface area contributed by atoms with Gasteiger partial charge in [-0.2, -0.15) is 0 Å². The lowest BCUT2D eigenvalue weighted by atomic mass is 10.0. The number of ether oxygens (including phenoxy) is 1. The highest BCUT2D eigenvalue weighted by Gasteiger charge is 2.17. The first kappa shape index (κ1) is 15.2. The molecule has 0 saturated carbocycles. The lowest BCUT2D eigenvalue weighted by Crippen LogP contribution is -2.29. The van der Waals surface area contributed by atoms with Crippen molar-refractivity contribution in [2.75, 3.05) is 5.32 Å². The SMILES string of the molecule is CC(C)Oc1cc(NC(CC(=O)O)C(C)C)ncn1. The number of carbonyl (C=O) groups is 1. The van der Waals surface area contributed by atoms with Gasteiger partial charge in [0, 0.05) is 12.1 Å². The van der Waals surface area contributed by atoms with Crippen molar-refractivity contribution in [1.82, 2.24) is 9.97 Å². The Bertz CT molecular complexity index is 421. The first-order valence-corrected chi connectivity index (χ1v) is 6.35. The van der Waals surface area contributed by atoms with E-state index in [0.717, 1.165) is 0 Å². The number of rotatable bonds is 7. The average Bonchev–Trinajstić information content (AvgIpc) is 2.26. The van der Waals surface area contributed by atoms with Crippen molar-refractivity contribution in [2.45, 2.75) is 46.3 Å². The van der Waals surface area contributed by atoms with Crippen LogP contribution in [0, 0.1) is 5.92 Å². The number of aliphatic carboxylic acids is 1. The Hall–Kier alpha value is -1.85. The predicted molar refractivity (Wildman–Crippen MR) is 72.3 cm³/mol. The summed E-state index contributed by atoms with van der Waals surface area (Å²) in [4.78, 5) is 18.9. The maximum atomic E-state index is 10.8. The summed E-state index contributed by atoms with van der Waals surface area (Å²) in [6, 6.07) is 1.50. The number of hydrogen-bond acceptors (Lipinski definition) is 5. The molecule has 0 saturated heterocycles. The molecule has 6 nitrogen and oxygen atoms in total. The Morgan fingerprint density at radius 2 is 2.05 bits per heavy atom. The second kappa shape index (κ2) is 6.92. The first-order valence-electron chi connectivity index (χ1n) is 6.35. The molecule has 0 radical (unpaired) electrons. The number of aromatic nitrogens is 2. The van der Waals surface area contributed by atoms with Crippen LogP contribution in [0.5, 0.6) is 5.88 Å². The molecule has 0 fully saturated rings. The van der Waals surface area contributed by atoms with Gasteiger partial charge in [-0.05, 0) is 19.8 Å². The maximum absolute atomic E-state index is 10.8. The van der Waals surface area contributed by atoms with Crippen molar-refractivity contribution in [1.29, 1.82) is 0 Å². The standard InChI is InChI=1S/C13H21N3O3/c1-8(2)10(5-13(17)18)16-11-6-12(15-7-14-11)19-9(3)4/h6-10H,5H2,1-4H3,(H,17,18)(H,14,15,16). The Labute approximate surface area is 113 Å². The third kappa shape index (κ3) is 5.54. The molecule has 0 aromatic carbocycles. The Morgan fingerprint density at radius 1 is 1.37 bits per heavy atom. The summed E-state index contributed by atoms with van der Waals surface area (Å²) < 4.78 is 5.47. The van der Waals surface area contributed by atoms with Gasteiger partial charge >= 0.3 is 5.97 Å². The summed E-state index contributed by atoms with van der Waals surface area (Å²) >= 11 is 0. The van der Waals surface area contributed by atoms with Gasteiger partial charge in [0.05, 0.1) is 12.5 Å². The molecule has 0 aliphatic heterocycles. The van der Waals surface area contributed by atoms with Gasteiger partial charge in [0.2, 0.25) is 5.88 Å². The van der Waals surface area contributed by atoms with Crippen LogP contribution in [0.4, 0.5) is 5.82 Å². The fourth-order valence-corrected chi connectivity index (χ4v) is 1.56. The van der Waals surface area contributed by atoms with Crippen LogP contribution in [0.25, 0.3) is 0 Å². The molecular formula is C13H21N3O3. The van der Waals surface area contributed by atoms with E-state index in [9.17, 15) is 4.79 Å². The van der Waals surface area contributed by atoms with E-state index in [-0.39, 0.29) is 24.5 Å². The zero-order valence-corrected chi connectivity index (χ0v) is 11.8. The fraction of sp³-hybridized carbons (Fsp3) is 0.615. The van der Waals surface area contributed by atoms with Gasteiger partial charge in [0.25, 0.3) is 0 Å². The molecule has 2 N–H and O–H groups in total. The third-order valence-electron chi connectivity index (χ3n) is 2.53. The quantitative estimate of drug-likeness (QED) is 0.787. The van der Waals surface area contributed by atoms with E-state index in [0.29, 0.717) is 11.7 Å². The molecule has 1 atom stereocenters. The summed E-state index contributed by atoms with van der Waals surface area (Å²) in [5.74, 6) is 0.398. The van der Waals surface area contributed by atoms with Crippen LogP contribution in [-0.4, -0.2) is 33.2 Å². The minimum Gasteiger partial charge on any atom is -0.481 e.